The van der Waals surface area contributed by atoms with Crippen LogP contribution in [0.15, 0.2) is 0 Å². The third kappa shape index (κ3) is 6.01. The number of hydrogen-bond acceptors (Lipinski definition) is 2. The predicted octanol–water partition coefficient (Wildman–Crippen LogP) is 0.621. The molecule has 0 fully saturated rings. The van der Waals surface area contributed by atoms with Gasteiger partial charge in [-0.05, 0) is 12.8 Å². The molecular weight excluding hydrogens is 184 g/mol. The van der Waals surface area contributed by atoms with Gasteiger partial charge in [0.15, 0.2) is 0 Å². The molecule has 2 N–H and O–H groups in total. The van der Waals surface area contributed by atoms with Gasteiger partial charge in [0.05, 0.1) is 0 Å². The maximum Gasteiger partial charge on any atom is 0.326 e. The average molecular weight is 195 g/mol. The van der Waals surface area contributed by atoms with E-state index in [0.29, 0.717) is 0 Å². The summed E-state index contributed by atoms with van der Waals surface area (Å²) in [6, 6.07) is -1.06. The molecule has 0 spiro atoms. The van der Waals surface area contributed by atoms with E-state index < -0.39 is 18.4 Å². The number of nitrogens with one attached hydrogen (secondary N) is 1. The quantitative estimate of drug-likeness (QED) is 0.585. The van der Waals surface area contributed by atoms with Crippen molar-refractivity contribution in [3.05, 3.63) is 0 Å². The molecule has 0 aromatic rings. The molecule has 1 atom stereocenters. The van der Waals surface area contributed by atoms with Crippen molar-refractivity contribution in [2.75, 3.05) is 0 Å². The number of carbonyl (C=O) groups excluding carboxylic acids is 1. The Bertz CT molecular complexity index is 175. The van der Waals surface area contributed by atoms with Gasteiger partial charge in [0.1, 0.15) is 6.04 Å². The second kappa shape index (κ2) is 6.33. The molecule has 0 saturated heterocycles. The number of halogens is 2. The fourth-order valence-corrected chi connectivity index (χ4v) is 0.837. The molecule has 0 aromatic heterocycles. The third-order valence-electron chi connectivity index (χ3n) is 1.48. The standard InChI is InChI=1S/C7H11F2NO3/c8-6(9)3-1-2-5(7(12)13)10-4-11/h4-6H,1-3H2,(H,10,11)(H,12,13). The van der Waals surface area contributed by atoms with E-state index in [0.717, 1.165) is 0 Å². The maximum absolute atomic E-state index is 11.6. The lowest BCUT2D eigenvalue weighted by atomic mass is 10.1. The Balaban J connectivity index is 3.69. The number of alkyl halides is 2. The Morgan fingerprint density at radius 1 is 1.46 bits per heavy atom. The summed E-state index contributed by atoms with van der Waals surface area (Å²) >= 11 is 0. The lowest BCUT2D eigenvalue weighted by Gasteiger charge is -2.09. The molecule has 0 aromatic carbocycles. The zero-order valence-electron chi connectivity index (χ0n) is 6.87. The summed E-state index contributed by atoms with van der Waals surface area (Å²) in [6.07, 6.45) is -2.41. The molecule has 0 heterocycles. The summed E-state index contributed by atoms with van der Waals surface area (Å²) in [4.78, 5) is 20.3. The van der Waals surface area contributed by atoms with Crippen LogP contribution in [0.1, 0.15) is 19.3 Å². The zero-order valence-corrected chi connectivity index (χ0v) is 6.87. The first-order valence-electron chi connectivity index (χ1n) is 3.78. The van der Waals surface area contributed by atoms with Crippen LogP contribution >= 0.6 is 0 Å². The van der Waals surface area contributed by atoms with Crippen LogP contribution in [0.25, 0.3) is 0 Å². The van der Waals surface area contributed by atoms with Crippen molar-refractivity contribution in [3.63, 3.8) is 0 Å². The Morgan fingerprint density at radius 3 is 2.46 bits per heavy atom. The molecule has 1 unspecified atom stereocenters. The molecule has 0 bridgehead atoms. The Labute approximate surface area is 73.9 Å². The average Bonchev–Trinajstić information content (AvgIpc) is 2.02. The van der Waals surface area contributed by atoms with Crippen LogP contribution < -0.4 is 5.32 Å². The Morgan fingerprint density at radius 2 is 2.08 bits per heavy atom. The third-order valence-corrected chi connectivity index (χ3v) is 1.48. The molecule has 0 radical (unpaired) electrons. The lowest BCUT2D eigenvalue weighted by molar-refractivity contribution is -0.140. The number of rotatable bonds is 7. The summed E-state index contributed by atoms with van der Waals surface area (Å²) in [5.74, 6) is -1.21. The van der Waals surface area contributed by atoms with Crippen LogP contribution in [0.3, 0.4) is 0 Å². The minimum absolute atomic E-state index is 0.0262. The van der Waals surface area contributed by atoms with Crippen molar-refractivity contribution in [1.82, 2.24) is 5.32 Å². The van der Waals surface area contributed by atoms with Gasteiger partial charge in [-0.3, -0.25) is 4.79 Å². The summed E-state index contributed by atoms with van der Waals surface area (Å²) < 4.78 is 23.3. The summed E-state index contributed by atoms with van der Waals surface area (Å²) in [7, 11) is 0. The van der Waals surface area contributed by atoms with Gasteiger partial charge in [0.2, 0.25) is 12.8 Å². The molecular formula is C7H11F2NO3. The van der Waals surface area contributed by atoms with Gasteiger partial charge in [-0.2, -0.15) is 0 Å². The highest BCUT2D eigenvalue weighted by atomic mass is 19.3. The number of aliphatic carboxylic acids is 1. The topological polar surface area (TPSA) is 66.4 Å². The van der Waals surface area contributed by atoms with Crippen LogP contribution in [0.5, 0.6) is 0 Å². The summed E-state index contributed by atoms with van der Waals surface area (Å²) in [5.41, 5.74) is 0. The van der Waals surface area contributed by atoms with Crippen molar-refractivity contribution in [2.45, 2.75) is 31.7 Å². The van der Waals surface area contributed by atoms with E-state index >= 15 is 0 Å². The summed E-state index contributed by atoms with van der Waals surface area (Å²) in [6.45, 7) is 0. The van der Waals surface area contributed by atoms with E-state index in [9.17, 15) is 18.4 Å². The highest BCUT2D eigenvalue weighted by Crippen LogP contribution is 2.07. The van der Waals surface area contributed by atoms with E-state index in [1.807, 2.05) is 5.32 Å². The molecule has 13 heavy (non-hydrogen) atoms. The van der Waals surface area contributed by atoms with Crippen molar-refractivity contribution >= 4 is 12.4 Å². The second-order valence-electron chi connectivity index (χ2n) is 2.50. The highest BCUT2D eigenvalue weighted by molar-refractivity contribution is 5.76. The molecule has 76 valence electrons. The molecule has 0 aliphatic rings. The molecule has 0 saturated carbocycles. The second-order valence-corrected chi connectivity index (χ2v) is 2.50. The Kier molecular flexibility index (Phi) is 5.75. The number of carbonyl (C=O) groups is 2. The van der Waals surface area contributed by atoms with Gasteiger partial charge < -0.3 is 10.4 Å². The van der Waals surface area contributed by atoms with Crippen molar-refractivity contribution in [3.8, 4) is 0 Å². The van der Waals surface area contributed by atoms with Crippen LogP contribution in [0.2, 0.25) is 0 Å². The maximum atomic E-state index is 11.6. The molecule has 0 aliphatic carbocycles. The zero-order chi connectivity index (χ0) is 10.3. The fraction of sp³-hybridized carbons (Fsp3) is 0.714. The number of carboxylic acids is 1. The van der Waals surface area contributed by atoms with Crippen LogP contribution in [0.4, 0.5) is 8.78 Å². The lowest BCUT2D eigenvalue weighted by Crippen LogP contribution is -2.35. The van der Waals surface area contributed by atoms with Gasteiger partial charge in [-0.1, -0.05) is 0 Å². The first-order chi connectivity index (χ1) is 6.07. The minimum Gasteiger partial charge on any atom is -0.480 e. The predicted molar refractivity (Wildman–Crippen MR) is 40.5 cm³/mol. The summed E-state index contributed by atoms with van der Waals surface area (Å²) in [5, 5.41) is 10.5. The van der Waals surface area contributed by atoms with Crippen molar-refractivity contribution in [2.24, 2.45) is 0 Å². The minimum atomic E-state index is -2.43. The number of amides is 1. The van der Waals surface area contributed by atoms with Crippen LogP contribution in [0, 0.1) is 0 Å². The molecule has 1 amide bonds. The smallest absolute Gasteiger partial charge is 0.326 e. The number of hydrogen-bond donors (Lipinski definition) is 2. The van der Waals surface area contributed by atoms with Crippen molar-refractivity contribution in [1.29, 1.82) is 0 Å². The number of carboxylic acid groups (broad SMARTS) is 1. The molecule has 0 aliphatic heterocycles. The fourth-order valence-electron chi connectivity index (χ4n) is 0.837. The van der Waals surface area contributed by atoms with E-state index in [-0.39, 0.29) is 25.7 Å². The van der Waals surface area contributed by atoms with Gasteiger partial charge in [0.25, 0.3) is 0 Å². The van der Waals surface area contributed by atoms with Gasteiger partial charge >= 0.3 is 5.97 Å². The van der Waals surface area contributed by atoms with Gasteiger partial charge in [-0.15, -0.1) is 0 Å². The SMILES string of the molecule is O=CNC(CCCC(F)F)C(=O)O. The highest BCUT2D eigenvalue weighted by Gasteiger charge is 2.16. The Hall–Kier alpha value is -1.20. The van der Waals surface area contributed by atoms with Crippen molar-refractivity contribution < 1.29 is 23.5 Å². The van der Waals surface area contributed by atoms with Gasteiger partial charge in [-0.25, -0.2) is 13.6 Å². The van der Waals surface area contributed by atoms with Crippen LogP contribution in [-0.4, -0.2) is 30.0 Å². The van der Waals surface area contributed by atoms with E-state index in [2.05, 4.69) is 0 Å². The molecule has 4 nitrogen and oxygen atoms in total. The molecule has 6 heteroatoms. The van der Waals surface area contributed by atoms with E-state index in [4.69, 9.17) is 5.11 Å². The largest absolute Gasteiger partial charge is 0.480 e. The van der Waals surface area contributed by atoms with Crippen LogP contribution in [-0.2, 0) is 9.59 Å². The first-order valence-corrected chi connectivity index (χ1v) is 3.78. The van der Waals surface area contributed by atoms with E-state index in [1.165, 1.54) is 0 Å². The normalized spacial score (nSPS) is 12.5. The van der Waals surface area contributed by atoms with E-state index in [1.54, 1.807) is 0 Å². The first kappa shape index (κ1) is 11.8. The monoisotopic (exact) mass is 195 g/mol. The molecule has 0 rings (SSSR count). The van der Waals surface area contributed by atoms with Gasteiger partial charge in [0, 0.05) is 6.42 Å².